The standard InChI is InChI=1S/C21H21F3N2O3/c22-21(23,24)15-9-11-16(12-10-15)25-19(27)17-7-4-8-18(17)26(20(28)29)13-14-5-2-1-3-6-14/h1-3,5-6,9-12,17-18H,4,7-8,13H2,(H,25,27)(H,28,29)/p-1/t17-,18+/m1/s1. The number of halogens is 3. The van der Waals surface area contributed by atoms with Crippen LogP contribution in [0, 0.1) is 5.92 Å². The van der Waals surface area contributed by atoms with Crippen molar-refractivity contribution in [2.24, 2.45) is 5.92 Å². The average molecular weight is 405 g/mol. The van der Waals surface area contributed by atoms with Gasteiger partial charge in [0.2, 0.25) is 5.91 Å². The van der Waals surface area contributed by atoms with E-state index in [1.165, 1.54) is 17.0 Å². The summed E-state index contributed by atoms with van der Waals surface area (Å²) in [4.78, 5) is 25.6. The first-order valence-corrected chi connectivity index (χ1v) is 9.25. The zero-order valence-corrected chi connectivity index (χ0v) is 15.5. The second-order valence-electron chi connectivity index (χ2n) is 7.05. The molecule has 0 spiro atoms. The number of hydrogen-bond acceptors (Lipinski definition) is 3. The summed E-state index contributed by atoms with van der Waals surface area (Å²) in [5, 5.41) is 14.3. The van der Waals surface area contributed by atoms with Gasteiger partial charge in [0.15, 0.2) is 0 Å². The van der Waals surface area contributed by atoms with E-state index in [0.29, 0.717) is 19.3 Å². The molecule has 0 unspecified atom stereocenters. The van der Waals surface area contributed by atoms with Crippen LogP contribution in [0.15, 0.2) is 54.6 Å². The van der Waals surface area contributed by atoms with E-state index >= 15 is 0 Å². The molecule has 0 aliphatic heterocycles. The number of benzene rings is 2. The molecule has 1 aliphatic carbocycles. The molecule has 5 nitrogen and oxygen atoms in total. The Labute approximate surface area is 166 Å². The average Bonchev–Trinajstić information content (AvgIpc) is 3.16. The number of alkyl halides is 3. The Kier molecular flexibility index (Phi) is 6.10. The Balaban J connectivity index is 1.71. The smallest absolute Gasteiger partial charge is 0.416 e. The van der Waals surface area contributed by atoms with Crippen LogP contribution in [-0.4, -0.2) is 22.9 Å². The zero-order valence-electron chi connectivity index (χ0n) is 15.5. The number of hydrogen-bond donors (Lipinski definition) is 1. The van der Waals surface area contributed by atoms with Gasteiger partial charge in [-0.05, 0) is 42.7 Å². The molecule has 1 saturated carbocycles. The lowest BCUT2D eigenvalue weighted by Gasteiger charge is -2.34. The number of amides is 2. The third kappa shape index (κ3) is 5.07. The van der Waals surface area contributed by atoms with Gasteiger partial charge in [0.05, 0.1) is 11.5 Å². The van der Waals surface area contributed by atoms with E-state index in [-0.39, 0.29) is 12.2 Å². The molecule has 2 aromatic carbocycles. The molecule has 1 aliphatic rings. The Hall–Kier alpha value is -3.03. The van der Waals surface area contributed by atoms with Crippen LogP contribution >= 0.6 is 0 Å². The Morgan fingerprint density at radius 1 is 1.03 bits per heavy atom. The number of nitrogens with zero attached hydrogens (tertiary/aromatic N) is 1. The molecule has 8 heteroatoms. The fourth-order valence-electron chi connectivity index (χ4n) is 3.69. The van der Waals surface area contributed by atoms with Crippen molar-refractivity contribution in [2.75, 3.05) is 5.32 Å². The highest BCUT2D eigenvalue weighted by Crippen LogP contribution is 2.33. The predicted octanol–water partition coefficient (Wildman–Crippen LogP) is 3.66. The van der Waals surface area contributed by atoms with Crippen molar-refractivity contribution >= 4 is 17.7 Å². The lowest BCUT2D eigenvalue weighted by molar-refractivity contribution is -0.269. The molecular formula is C21H20F3N2O3-. The molecule has 154 valence electrons. The summed E-state index contributed by atoms with van der Waals surface area (Å²) in [5.74, 6) is -1.01. The van der Waals surface area contributed by atoms with Crippen LogP contribution in [-0.2, 0) is 17.5 Å². The van der Waals surface area contributed by atoms with Gasteiger partial charge in [0.25, 0.3) is 0 Å². The maximum atomic E-state index is 12.7. The minimum Gasteiger partial charge on any atom is -0.530 e. The molecule has 2 atom stereocenters. The first-order chi connectivity index (χ1) is 13.8. The monoisotopic (exact) mass is 405 g/mol. The highest BCUT2D eigenvalue weighted by molar-refractivity contribution is 5.93. The summed E-state index contributed by atoms with van der Waals surface area (Å²) in [6.07, 6.45) is -4.12. The minimum absolute atomic E-state index is 0.109. The van der Waals surface area contributed by atoms with Crippen molar-refractivity contribution in [1.29, 1.82) is 0 Å². The van der Waals surface area contributed by atoms with Gasteiger partial charge >= 0.3 is 6.18 Å². The topological polar surface area (TPSA) is 72.5 Å². The number of anilines is 1. The number of nitrogens with one attached hydrogen (secondary N) is 1. The van der Waals surface area contributed by atoms with Crippen molar-refractivity contribution < 1.29 is 27.9 Å². The van der Waals surface area contributed by atoms with Gasteiger partial charge in [-0.2, -0.15) is 13.2 Å². The first-order valence-electron chi connectivity index (χ1n) is 9.25. The number of carbonyl (C=O) groups is 2. The number of carboxylic acid groups (broad SMARTS) is 1. The molecule has 1 N–H and O–H groups in total. The maximum Gasteiger partial charge on any atom is 0.416 e. The summed E-state index contributed by atoms with van der Waals surface area (Å²) < 4.78 is 38.0. The summed E-state index contributed by atoms with van der Waals surface area (Å²) in [5.41, 5.74) is 0.211. The molecule has 29 heavy (non-hydrogen) atoms. The van der Waals surface area contributed by atoms with E-state index in [1.54, 1.807) is 24.3 Å². The fourth-order valence-corrected chi connectivity index (χ4v) is 3.69. The third-order valence-corrected chi connectivity index (χ3v) is 5.13. The molecule has 0 bridgehead atoms. The minimum atomic E-state index is -4.45. The van der Waals surface area contributed by atoms with Gasteiger partial charge in [0, 0.05) is 18.3 Å². The van der Waals surface area contributed by atoms with Gasteiger partial charge in [-0.15, -0.1) is 0 Å². The van der Waals surface area contributed by atoms with Gasteiger partial charge in [-0.1, -0.05) is 36.8 Å². The zero-order chi connectivity index (χ0) is 21.0. The van der Waals surface area contributed by atoms with Gasteiger partial charge in [0.1, 0.15) is 6.09 Å². The van der Waals surface area contributed by atoms with Crippen LogP contribution in [0.3, 0.4) is 0 Å². The van der Waals surface area contributed by atoms with E-state index in [4.69, 9.17) is 0 Å². The SMILES string of the molecule is O=C(Nc1ccc(C(F)(F)F)cc1)[C@@H]1CCC[C@@H]1N(Cc1ccccc1)C(=O)[O-]. The molecule has 1 fully saturated rings. The molecular weight excluding hydrogens is 385 g/mol. The number of rotatable bonds is 5. The molecule has 2 aromatic rings. The van der Waals surface area contributed by atoms with E-state index in [0.717, 1.165) is 17.7 Å². The van der Waals surface area contributed by atoms with E-state index < -0.39 is 35.7 Å². The quantitative estimate of drug-likeness (QED) is 0.825. The molecule has 0 radical (unpaired) electrons. The van der Waals surface area contributed by atoms with Crippen molar-refractivity contribution in [3.63, 3.8) is 0 Å². The van der Waals surface area contributed by atoms with E-state index in [9.17, 15) is 27.9 Å². The van der Waals surface area contributed by atoms with Gasteiger partial charge < -0.3 is 20.1 Å². The summed E-state index contributed by atoms with van der Waals surface area (Å²) >= 11 is 0. The van der Waals surface area contributed by atoms with Gasteiger partial charge in [-0.25, -0.2) is 0 Å². The predicted molar refractivity (Wildman–Crippen MR) is 98.6 cm³/mol. The van der Waals surface area contributed by atoms with Crippen molar-refractivity contribution in [3.05, 3.63) is 65.7 Å². The van der Waals surface area contributed by atoms with Crippen molar-refractivity contribution in [2.45, 2.75) is 38.0 Å². The first kappa shape index (κ1) is 20.7. The third-order valence-electron chi connectivity index (χ3n) is 5.13. The van der Waals surface area contributed by atoms with Crippen molar-refractivity contribution in [3.8, 4) is 0 Å². The van der Waals surface area contributed by atoms with E-state index in [2.05, 4.69) is 5.32 Å². The van der Waals surface area contributed by atoms with Crippen LogP contribution in [0.4, 0.5) is 23.7 Å². The van der Waals surface area contributed by atoms with Gasteiger partial charge in [-0.3, -0.25) is 4.79 Å². The molecule has 2 amide bonds. The summed E-state index contributed by atoms with van der Waals surface area (Å²) in [6.45, 7) is 0.109. The normalized spacial score (nSPS) is 19.0. The Bertz CT molecular complexity index is 854. The highest BCUT2D eigenvalue weighted by Gasteiger charge is 2.37. The Morgan fingerprint density at radius 3 is 2.28 bits per heavy atom. The Morgan fingerprint density at radius 2 is 1.69 bits per heavy atom. The van der Waals surface area contributed by atoms with Crippen LogP contribution in [0.1, 0.15) is 30.4 Å². The second kappa shape index (κ2) is 8.55. The molecule has 3 rings (SSSR count). The number of carbonyl (C=O) groups excluding carboxylic acids is 2. The second-order valence-corrected chi connectivity index (χ2v) is 7.05. The summed E-state index contributed by atoms with van der Waals surface area (Å²) in [7, 11) is 0. The van der Waals surface area contributed by atoms with Crippen LogP contribution in [0.25, 0.3) is 0 Å². The summed E-state index contributed by atoms with van der Waals surface area (Å²) in [6, 6.07) is 12.6. The fraction of sp³-hybridized carbons (Fsp3) is 0.333. The van der Waals surface area contributed by atoms with Crippen LogP contribution in [0.5, 0.6) is 0 Å². The van der Waals surface area contributed by atoms with Crippen molar-refractivity contribution in [1.82, 2.24) is 4.90 Å². The molecule has 0 saturated heterocycles. The lowest BCUT2D eigenvalue weighted by Crippen LogP contribution is -2.50. The molecule has 0 heterocycles. The van der Waals surface area contributed by atoms with Crippen LogP contribution in [0.2, 0.25) is 0 Å². The largest absolute Gasteiger partial charge is 0.530 e. The highest BCUT2D eigenvalue weighted by atomic mass is 19.4. The lowest BCUT2D eigenvalue weighted by atomic mass is 10.00. The van der Waals surface area contributed by atoms with Crippen LogP contribution < -0.4 is 10.4 Å². The maximum absolute atomic E-state index is 12.7. The molecule has 0 aromatic heterocycles. The van der Waals surface area contributed by atoms with E-state index in [1.807, 2.05) is 6.07 Å².